The number of furan rings is 1. The number of carboxylic acid groups (broad SMARTS) is 1. The smallest absolute Gasteiger partial charge is 0.371 e. The maximum Gasteiger partial charge on any atom is 0.371 e. The SMILES string of the molecule is COCCOCCOCCS(=O)(=O)c1ccc(C(=O)O)o1. The van der Waals surface area contributed by atoms with Gasteiger partial charge in [-0.15, -0.1) is 0 Å². The average Bonchev–Trinajstić information content (AvgIpc) is 2.92. The molecule has 1 heterocycles. The zero-order valence-corrected chi connectivity index (χ0v) is 12.4. The van der Waals surface area contributed by atoms with Gasteiger partial charge in [0, 0.05) is 7.11 Å². The zero-order chi connectivity index (χ0) is 15.7. The number of sulfone groups is 1. The fourth-order valence-corrected chi connectivity index (χ4v) is 2.37. The highest BCUT2D eigenvalue weighted by Crippen LogP contribution is 2.15. The van der Waals surface area contributed by atoms with Gasteiger partial charge in [-0.05, 0) is 12.1 Å². The Bertz CT molecular complexity index is 533. The van der Waals surface area contributed by atoms with Crippen LogP contribution in [0, 0.1) is 0 Å². The van der Waals surface area contributed by atoms with Crippen LogP contribution in [0.1, 0.15) is 10.6 Å². The van der Waals surface area contributed by atoms with Crippen molar-refractivity contribution in [1.82, 2.24) is 0 Å². The van der Waals surface area contributed by atoms with Gasteiger partial charge in [0.05, 0.1) is 38.8 Å². The fraction of sp³-hybridized carbons (Fsp3) is 0.583. The monoisotopic (exact) mass is 322 g/mol. The van der Waals surface area contributed by atoms with Gasteiger partial charge in [0.15, 0.2) is 0 Å². The molecule has 8 nitrogen and oxygen atoms in total. The Kier molecular flexibility index (Phi) is 7.37. The zero-order valence-electron chi connectivity index (χ0n) is 11.6. The average molecular weight is 322 g/mol. The Morgan fingerprint density at radius 3 is 2.33 bits per heavy atom. The summed E-state index contributed by atoms with van der Waals surface area (Å²) in [4.78, 5) is 10.6. The van der Waals surface area contributed by atoms with Crippen molar-refractivity contribution in [1.29, 1.82) is 0 Å². The van der Waals surface area contributed by atoms with E-state index in [1.54, 1.807) is 7.11 Å². The molecule has 0 radical (unpaired) electrons. The van der Waals surface area contributed by atoms with Crippen LogP contribution >= 0.6 is 0 Å². The third-order valence-corrected chi connectivity index (χ3v) is 3.94. The summed E-state index contributed by atoms with van der Waals surface area (Å²) >= 11 is 0. The molecule has 9 heteroatoms. The summed E-state index contributed by atoms with van der Waals surface area (Å²) in [7, 11) is -2.13. The van der Waals surface area contributed by atoms with E-state index in [2.05, 4.69) is 0 Å². The normalized spacial score (nSPS) is 11.7. The molecule has 0 atom stereocenters. The number of rotatable bonds is 11. The van der Waals surface area contributed by atoms with E-state index >= 15 is 0 Å². The van der Waals surface area contributed by atoms with Crippen LogP contribution in [0.2, 0.25) is 0 Å². The first-order valence-corrected chi connectivity index (χ1v) is 7.83. The van der Waals surface area contributed by atoms with Gasteiger partial charge in [-0.2, -0.15) is 0 Å². The van der Waals surface area contributed by atoms with Crippen LogP contribution in [0.3, 0.4) is 0 Å². The summed E-state index contributed by atoms with van der Waals surface area (Å²) in [5.41, 5.74) is 0. The van der Waals surface area contributed by atoms with Crippen molar-refractivity contribution < 1.29 is 36.9 Å². The minimum Gasteiger partial charge on any atom is -0.475 e. The van der Waals surface area contributed by atoms with Gasteiger partial charge in [0.25, 0.3) is 0 Å². The molecule has 0 saturated heterocycles. The molecule has 120 valence electrons. The summed E-state index contributed by atoms with van der Waals surface area (Å²) in [6.45, 7) is 1.51. The molecule has 0 unspecified atom stereocenters. The van der Waals surface area contributed by atoms with E-state index in [1.165, 1.54) is 0 Å². The molecule has 21 heavy (non-hydrogen) atoms. The summed E-state index contributed by atoms with van der Waals surface area (Å²) in [6, 6.07) is 2.21. The lowest BCUT2D eigenvalue weighted by atomic mass is 10.5. The third-order valence-electron chi connectivity index (χ3n) is 2.40. The van der Waals surface area contributed by atoms with E-state index in [-0.39, 0.29) is 24.1 Å². The number of ether oxygens (including phenoxy) is 3. The van der Waals surface area contributed by atoms with E-state index in [0.29, 0.717) is 19.8 Å². The van der Waals surface area contributed by atoms with Crippen molar-refractivity contribution in [2.45, 2.75) is 5.09 Å². The van der Waals surface area contributed by atoms with Gasteiger partial charge in [-0.3, -0.25) is 0 Å². The number of carbonyl (C=O) groups is 1. The number of methoxy groups -OCH3 is 1. The molecule has 0 aliphatic carbocycles. The van der Waals surface area contributed by atoms with E-state index in [0.717, 1.165) is 12.1 Å². The van der Waals surface area contributed by atoms with Crippen LogP contribution in [-0.4, -0.2) is 65.4 Å². The molecular weight excluding hydrogens is 304 g/mol. The molecule has 0 fully saturated rings. The molecule has 0 aromatic carbocycles. The highest BCUT2D eigenvalue weighted by atomic mass is 32.2. The summed E-state index contributed by atoms with van der Waals surface area (Å²) in [6.07, 6.45) is 0. The topological polar surface area (TPSA) is 112 Å². The Hall–Kier alpha value is -1.42. The molecule has 1 aromatic rings. The Balaban J connectivity index is 2.28. The van der Waals surface area contributed by atoms with Crippen LogP contribution in [0.5, 0.6) is 0 Å². The van der Waals surface area contributed by atoms with Gasteiger partial charge >= 0.3 is 5.97 Å². The second-order valence-electron chi connectivity index (χ2n) is 3.96. The van der Waals surface area contributed by atoms with Crippen LogP contribution in [-0.2, 0) is 24.0 Å². The first kappa shape index (κ1) is 17.6. The van der Waals surface area contributed by atoms with E-state index in [4.69, 9.17) is 23.7 Å². The highest BCUT2D eigenvalue weighted by Gasteiger charge is 2.20. The van der Waals surface area contributed by atoms with Crippen LogP contribution in [0.4, 0.5) is 0 Å². The molecule has 1 N–H and O–H groups in total. The van der Waals surface area contributed by atoms with Gasteiger partial charge in [0.1, 0.15) is 0 Å². The maximum atomic E-state index is 11.8. The molecule has 0 aliphatic heterocycles. The summed E-state index contributed by atoms with van der Waals surface area (Å²) < 4.78 is 43.5. The number of hydrogen-bond donors (Lipinski definition) is 1. The first-order valence-electron chi connectivity index (χ1n) is 6.17. The fourth-order valence-electron chi connectivity index (χ4n) is 1.34. The predicted octanol–water partition coefficient (Wildman–Crippen LogP) is 0.431. The maximum absolute atomic E-state index is 11.8. The van der Waals surface area contributed by atoms with E-state index in [9.17, 15) is 13.2 Å². The highest BCUT2D eigenvalue weighted by molar-refractivity contribution is 7.91. The van der Waals surface area contributed by atoms with Crippen molar-refractivity contribution in [2.24, 2.45) is 0 Å². The molecule has 1 aromatic heterocycles. The van der Waals surface area contributed by atoms with Gasteiger partial charge in [-0.25, -0.2) is 13.2 Å². The van der Waals surface area contributed by atoms with Crippen LogP contribution in [0.15, 0.2) is 21.6 Å². The number of hydrogen-bond acceptors (Lipinski definition) is 7. The lowest BCUT2D eigenvalue weighted by Crippen LogP contribution is -2.15. The Morgan fingerprint density at radius 1 is 1.14 bits per heavy atom. The summed E-state index contributed by atoms with van der Waals surface area (Å²) in [5.74, 6) is -2.03. The predicted molar refractivity (Wildman–Crippen MR) is 71.2 cm³/mol. The standard InChI is InChI=1S/C12H18O8S/c1-17-4-5-18-6-7-19-8-9-21(15,16)11-3-2-10(20-11)12(13)14/h2-3H,4-9H2,1H3,(H,13,14). The minimum atomic E-state index is -3.69. The third kappa shape index (κ3) is 6.25. The Morgan fingerprint density at radius 2 is 1.76 bits per heavy atom. The second kappa shape index (κ2) is 8.78. The molecular formula is C12H18O8S. The van der Waals surface area contributed by atoms with Crippen molar-refractivity contribution in [2.75, 3.05) is 45.9 Å². The van der Waals surface area contributed by atoms with E-state index < -0.39 is 21.6 Å². The van der Waals surface area contributed by atoms with E-state index in [1.807, 2.05) is 0 Å². The molecule has 0 spiro atoms. The molecule has 0 saturated carbocycles. The Labute approximate surface area is 122 Å². The second-order valence-corrected chi connectivity index (χ2v) is 6.00. The lowest BCUT2D eigenvalue weighted by Gasteiger charge is -2.05. The van der Waals surface area contributed by atoms with Crippen molar-refractivity contribution in [3.8, 4) is 0 Å². The van der Waals surface area contributed by atoms with Gasteiger partial charge in [-0.1, -0.05) is 0 Å². The first-order chi connectivity index (χ1) is 9.97. The van der Waals surface area contributed by atoms with Gasteiger partial charge < -0.3 is 23.7 Å². The molecule has 1 rings (SSSR count). The molecule has 0 amide bonds. The number of carboxylic acids is 1. The van der Waals surface area contributed by atoms with Gasteiger partial charge in [0.2, 0.25) is 20.7 Å². The van der Waals surface area contributed by atoms with Crippen LogP contribution in [0.25, 0.3) is 0 Å². The summed E-state index contributed by atoms with van der Waals surface area (Å²) in [5, 5.41) is 8.29. The lowest BCUT2D eigenvalue weighted by molar-refractivity contribution is 0.0284. The van der Waals surface area contributed by atoms with Crippen molar-refractivity contribution >= 4 is 15.8 Å². The minimum absolute atomic E-state index is 0.0287. The van der Waals surface area contributed by atoms with Crippen molar-refractivity contribution in [3.05, 3.63) is 17.9 Å². The van der Waals surface area contributed by atoms with Crippen LogP contribution < -0.4 is 0 Å². The quantitative estimate of drug-likeness (QED) is 0.584. The largest absolute Gasteiger partial charge is 0.475 e. The molecule has 0 bridgehead atoms. The number of aromatic carboxylic acids is 1. The van der Waals surface area contributed by atoms with Crippen molar-refractivity contribution in [3.63, 3.8) is 0 Å². The molecule has 0 aliphatic rings.